The number of hydrogen-bond donors (Lipinski definition) is 0. The van der Waals surface area contributed by atoms with E-state index in [0.717, 1.165) is 12.8 Å². The van der Waals surface area contributed by atoms with Crippen LogP contribution >= 0.6 is 0 Å². The molecular weight excluding hydrogens is 164 g/mol. The van der Waals surface area contributed by atoms with Crippen LogP contribution in [0.25, 0.3) is 0 Å². The van der Waals surface area contributed by atoms with Crippen LogP contribution in [0.15, 0.2) is 11.6 Å². The molecule has 13 heavy (non-hydrogen) atoms. The Morgan fingerprint density at radius 1 is 1.62 bits per heavy atom. The molecule has 74 valence electrons. The predicted molar refractivity (Wildman–Crippen MR) is 52.3 cm³/mol. The van der Waals surface area contributed by atoms with Crippen molar-refractivity contribution in [2.75, 3.05) is 6.61 Å². The van der Waals surface area contributed by atoms with Crippen molar-refractivity contribution in [2.24, 2.45) is 5.92 Å². The smallest absolute Gasteiger partial charge is 0.312 e. The summed E-state index contributed by atoms with van der Waals surface area (Å²) in [4.78, 5) is 11.4. The molecule has 0 aromatic rings. The Balaban J connectivity index is 2.50. The van der Waals surface area contributed by atoms with Crippen molar-refractivity contribution in [1.29, 1.82) is 0 Å². The SMILES string of the molecule is CCOC(=O)C(C)C1=CCCCC1. The lowest BCUT2D eigenvalue weighted by Crippen LogP contribution is -2.17. The molecule has 1 atom stereocenters. The fourth-order valence-corrected chi connectivity index (χ4v) is 1.67. The summed E-state index contributed by atoms with van der Waals surface area (Å²) in [6.07, 6.45) is 6.87. The first-order chi connectivity index (χ1) is 6.25. The van der Waals surface area contributed by atoms with Crippen molar-refractivity contribution >= 4 is 5.97 Å². The van der Waals surface area contributed by atoms with Gasteiger partial charge in [0.2, 0.25) is 0 Å². The topological polar surface area (TPSA) is 26.3 Å². The second-order valence-corrected chi connectivity index (χ2v) is 3.50. The Morgan fingerprint density at radius 3 is 2.92 bits per heavy atom. The first-order valence-electron chi connectivity index (χ1n) is 5.11. The van der Waals surface area contributed by atoms with Crippen molar-refractivity contribution < 1.29 is 9.53 Å². The third-order valence-corrected chi connectivity index (χ3v) is 2.52. The number of carbonyl (C=O) groups excluding carboxylic acids is 1. The lowest BCUT2D eigenvalue weighted by atomic mass is 9.90. The van der Waals surface area contributed by atoms with Gasteiger partial charge in [-0.05, 0) is 39.5 Å². The summed E-state index contributed by atoms with van der Waals surface area (Å²) < 4.78 is 4.98. The maximum absolute atomic E-state index is 11.4. The van der Waals surface area contributed by atoms with Gasteiger partial charge in [-0.3, -0.25) is 4.79 Å². The average Bonchev–Trinajstić information content (AvgIpc) is 2.18. The summed E-state index contributed by atoms with van der Waals surface area (Å²) in [5.74, 6) is -0.101. The molecule has 1 aliphatic rings. The number of rotatable bonds is 3. The molecule has 2 heteroatoms. The lowest BCUT2D eigenvalue weighted by molar-refractivity contribution is -0.146. The monoisotopic (exact) mass is 182 g/mol. The number of esters is 1. The van der Waals surface area contributed by atoms with Crippen LogP contribution in [-0.4, -0.2) is 12.6 Å². The van der Waals surface area contributed by atoms with Crippen molar-refractivity contribution in [3.05, 3.63) is 11.6 Å². The fourth-order valence-electron chi connectivity index (χ4n) is 1.67. The maximum Gasteiger partial charge on any atom is 0.312 e. The van der Waals surface area contributed by atoms with Gasteiger partial charge in [-0.25, -0.2) is 0 Å². The number of allylic oxidation sites excluding steroid dienone is 1. The summed E-state index contributed by atoms with van der Waals surface area (Å²) in [5, 5.41) is 0. The van der Waals surface area contributed by atoms with Gasteiger partial charge in [-0.2, -0.15) is 0 Å². The Labute approximate surface area is 80.0 Å². The second kappa shape index (κ2) is 5.05. The molecule has 0 aromatic heterocycles. The quantitative estimate of drug-likeness (QED) is 0.495. The summed E-state index contributed by atoms with van der Waals surface area (Å²) in [7, 11) is 0. The van der Waals surface area contributed by atoms with E-state index in [-0.39, 0.29) is 11.9 Å². The van der Waals surface area contributed by atoms with Crippen molar-refractivity contribution in [3.8, 4) is 0 Å². The Morgan fingerprint density at radius 2 is 2.38 bits per heavy atom. The highest BCUT2D eigenvalue weighted by Crippen LogP contribution is 2.24. The first-order valence-corrected chi connectivity index (χ1v) is 5.11. The van der Waals surface area contributed by atoms with Crippen LogP contribution < -0.4 is 0 Å². The van der Waals surface area contributed by atoms with E-state index in [1.54, 1.807) is 0 Å². The van der Waals surface area contributed by atoms with Crippen LogP contribution in [0, 0.1) is 5.92 Å². The molecule has 0 fully saturated rings. The van der Waals surface area contributed by atoms with Crippen LogP contribution in [0.2, 0.25) is 0 Å². The highest BCUT2D eigenvalue weighted by atomic mass is 16.5. The third kappa shape index (κ3) is 2.87. The van der Waals surface area contributed by atoms with Gasteiger partial charge in [0.25, 0.3) is 0 Å². The Bertz CT molecular complexity index is 206. The van der Waals surface area contributed by atoms with E-state index in [9.17, 15) is 4.79 Å². The van der Waals surface area contributed by atoms with Crippen LogP contribution in [-0.2, 0) is 9.53 Å². The number of carbonyl (C=O) groups is 1. The van der Waals surface area contributed by atoms with Gasteiger partial charge in [0.1, 0.15) is 0 Å². The van der Waals surface area contributed by atoms with E-state index in [1.165, 1.54) is 18.4 Å². The largest absolute Gasteiger partial charge is 0.466 e. The zero-order chi connectivity index (χ0) is 9.68. The van der Waals surface area contributed by atoms with Crippen LogP contribution in [0.5, 0.6) is 0 Å². The molecule has 2 nitrogen and oxygen atoms in total. The van der Waals surface area contributed by atoms with Gasteiger partial charge in [0.15, 0.2) is 0 Å². The van der Waals surface area contributed by atoms with Gasteiger partial charge >= 0.3 is 5.97 Å². The molecule has 0 N–H and O–H groups in total. The minimum Gasteiger partial charge on any atom is -0.466 e. The van der Waals surface area contributed by atoms with Gasteiger partial charge in [-0.1, -0.05) is 11.6 Å². The van der Waals surface area contributed by atoms with E-state index in [1.807, 2.05) is 13.8 Å². The summed E-state index contributed by atoms with van der Waals surface area (Å²) in [5.41, 5.74) is 1.27. The molecule has 1 rings (SSSR count). The first kappa shape index (κ1) is 10.3. The predicted octanol–water partition coefficient (Wildman–Crippen LogP) is 2.69. The van der Waals surface area contributed by atoms with E-state index < -0.39 is 0 Å². The zero-order valence-electron chi connectivity index (χ0n) is 8.51. The fraction of sp³-hybridized carbons (Fsp3) is 0.727. The maximum atomic E-state index is 11.4. The molecule has 0 spiro atoms. The van der Waals surface area contributed by atoms with Crippen LogP contribution in [0.4, 0.5) is 0 Å². The second-order valence-electron chi connectivity index (χ2n) is 3.50. The van der Waals surface area contributed by atoms with E-state index in [4.69, 9.17) is 4.74 Å². The van der Waals surface area contributed by atoms with Gasteiger partial charge in [-0.15, -0.1) is 0 Å². The molecule has 0 bridgehead atoms. The molecule has 1 unspecified atom stereocenters. The van der Waals surface area contributed by atoms with Crippen molar-refractivity contribution in [2.45, 2.75) is 39.5 Å². The highest BCUT2D eigenvalue weighted by molar-refractivity contribution is 5.75. The van der Waals surface area contributed by atoms with E-state index in [2.05, 4.69) is 6.08 Å². The van der Waals surface area contributed by atoms with E-state index in [0.29, 0.717) is 6.61 Å². The van der Waals surface area contributed by atoms with Crippen molar-refractivity contribution in [1.82, 2.24) is 0 Å². The minimum atomic E-state index is -0.0735. The Kier molecular flexibility index (Phi) is 4.00. The molecule has 0 saturated heterocycles. The molecule has 1 aliphatic carbocycles. The van der Waals surface area contributed by atoms with Gasteiger partial charge in [0.05, 0.1) is 12.5 Å². The minimum absolute atomic E-state index is 0.0275. The van der Waals surface area contributed by atoms with Crippen molar-refractivity contribution in [3.63, 3.8) is 0 Å². The molecule has 0 saturated carbocycles. The lowest BCUT2D eigenvalue weighted by Gasteiger charge is -2.17. The molecule has 0 radical (unpaired) electrons. The van der Waals surface area contributed by atoms with Gasteiger partial charge in [0, 0.05) is 0 Å². The number of hydrogen-bond acceptors (Lipinski definition) is 2. The van der Waals surface area contributed by atoms with Crippen LogP contribution in [0.1, 0.15) is 39.5 Å². The number of ether oxygens (including phenoxy) is 1. The Hall–Kier alpha value is -0.790. The summed E-state index contributed by atoms with van der Waals surface area (Å²) in [6, 6.07) is 0. The third-order valence-electron chi connectivity index (χ3n) is 2.52. The molecule has 0 heterocycles. The summed E-state index contributed by atoms with van der Waals surface area (Å²) in [6.45, 7) is 4.27. The molecule has 0 aliphatic heterocycles. The standard InChI is InChI=1S/C11H18O2/c1-3-13-11(12)9(2)10-7-5-4-6-8-10/h7,9H,3-6,8H2,1-2H3. The van der Waals surface area contributed by atoms with Crippen LogP contribution in [0.3, 0.4) is 0 Å². The molecule has 0 aromatic carbocycles. The van der Waals surface area contributed by atoms with E-state index >= 15 is 0 Å². The molecular formula is C11H18O2. The normalized spacial score (nSPS) is 19.1. The van der Waals surface area contributed by atoms with Gasteiger partial charge < -0.3 is 4.74 Å². The average molecular weight is 182 g/mol. The highest BCUT2D eigenvalue weighted by Gasteiger charge is 2.19. The summed E-state index contributed by atoms with van der Waals surface area (Å²) >= 11 is 0. The zero-order valence-corrected chi connectivity index (χ0v) is 8.51. The molecule has 0 amide bonds.